The Kier molecular flexibility index (Phi) is 4.83. The van der Waals surface area contributed by atoms with E-state index in [0.29, 0.717) is 25.5 Å². The molecule has 114 valence electrons. The maximum Gasteiger partial charge on any atom is 0.307 e. The fraction of sp³-hybridized carbons (Fsp3) is 0.500. The van der Waals surface area contributed by atoms with E-state index >= 15 is 0 Å². The van der Waals surface area contributed by atoms with Crippen LogP contribution < -0.4 is 10.1 Å². The molecule has 2 unspecified atom stereocenters. The average molecular weight is 291 g/mol. The summed E-state index contributed by atoms with van der Waals surface area (Å²) in [6, 6.07) is 7.89. The number of carboxylic acid groups (broad SMARTS) is 1. The first-order valence-corrected chi connectivity index (χ1v) is 7.22. The van der Waals surface area contributed by atoms with Crippen molar-refractivity contribution in [3.8, 4) is 5.75 Å². The van der Waals surface area contributed by atoms with Gasteiger partial charge in [0.15, 0.2) is 0 Å². The van der Waals surface area contributed by atoms with Gasteiger partial charge in [0.2, 0.25) is 5.91 Å². The molecule has 5 heteroatoms. The summed E-state index contributed by atoms with van der Waals surface area (Å²) in [7, 11) is 0. The number of amides is 1. The van der Waals surface area contributed by atoms with E-state index in [2.05, 4.69) is 19.2 Å². The van der Waals surface area contributed by atoms with Gasteiger partial charge in [-0.3, -0.25) is 9.59 Å². The van der Waals surface area contributed by atoms with Crippen molar-refractivity contribution in [1.82, 2.24) is 5.32 Å². The van der Waals surface area contributed by atoms with Gasteiger partial charge in [0.05, 0.1) is 18.4 Å². The van der Waals surface area contributed by atoms with Crippen LogP contribution in [0.5, 0.6) is 5.75 Å². The first-order chi connectivity index (χ1) is 9.99. The van der Waals surface area contributed by atoms with E-state index in [1.54, 1.807) is 0 Å². The number of nitrogens with one attached hydrogen (secondary N) is 1. The summed E-state index contributed by atoms with van der Waals surface area (Å²) in [5, 5.41) is 11.5. The van der Waals surface area contributed by atoms with E-state index in [9.17, 15) is 9.59 Å². The Morgan fingerprint density at radius 1 is 1.29 bits per heavy atom. The van der Waals surface area contributed by atoms with E-state index in [1.807, 2.05) is 24.3 Å². The zero-order valence-corrected chi connectivity index (χ0v) is 12.3. The summed E-state index contributed by atoms with van der Waals surface area (Å²) in [4.78, 5) is 22.3. The molecule has 0 heterocycles. The summed E-state index contributed by atoms with van der Waals surface area (Å²) in [6.07, 6.45) is 0.443. The Bertz CT molecular complexity index is 510. The Hall–Kier alpha value is -2.04. The number of aliphatic carboxylic acids is 1. The van der Waals surface area contributed by atoms with E-state index < -0.39 is 11.9 Å². The molecular formula is C16H21NO4. The van der Waals surface area contributed by atoms with E-state index in [-0.39, 0.29) is 11.8 Å². The Morgan fingerprint density at radius 3 is 2.48 bits per heavy atom. The lowest BCUT2D eigenvalue weighted by molar-refractivity contribution is -0.140. The van der Waals surface area contributed by atoms with Crippen LogP contribution in [0.3, 0.4) is 0 Å². The van der Waals surface area contributed by atoms with E-state index in [1.165, 1.54) is 5.56 Å². The van der Waals surface area contributed by atoms with Gasteiger partial charge >= 0.3 is 5.97 Å². The van der Waals surface area contributed by atoms with Crippen molar-refractivity contribution in [2.45, 2.75) is 26.2 Å². The van der Waals surface area contributed by atoms with Crippen molar-refractivity contribution in [3.05, 3.63) is 29.8 Å². The minimum Gasteiger partial charge on any atom is -0.492 e. The number of ether oxygens (including phenoxy) is 1. The smallest absolute Gasteiger partial charge is 0.307 e. The molecule has 1 fully saturated rings. The number of carbonyl (C=O) groups excluding carboxylic acids is 1. The van der Waals surface area contributed by atoms with Crippen LogP contribution in [0.4, 0.5) is 0 Å². The molecule has 21 heavy (non-hydrogen) atoms. The molecule has 0 aromatic heterocycles. The van der Waals surface area contributed by atoms with Crippen molar-refractivity contribution in [2.75, 3.05) is 13.2 Å². The standard InChI is InChI=1S/C16H21NO4/c1-10(2)11-3-5-12(6-4-11)21-8-7-17-15(18)13-9-14(13)16(19)20/h3-6,10,13-14H,7-9H2,1-2H3,(H,17,18)(H,19,20). The molecule has 1 amide bonds. The highest BCUT2D eigenvalue weighted by atomic mass is 16.5. The Morgan fingerprint density at radius 2 is 1.95 bits per heavy atom. The van der Waals surface area contributed by atoms with Gasteiger partial charge in [0, 0.05) is 0 Å². The zero-order valence-electron chi connectivity index (χ0n) is 12.3. The lowest BCUT2D eigenvalue weighted by Crippen LogP contribution is -2.30. The molecule has 0 radical (unpaired) electrons. The lowest BCUT2D eigenvalue weighted by Gasteiger charge is -2.09. The monoisotopic (exact) mass is 291 g/mol. The molecule has 2 atom stereocenters. The second-order valence-corrected chi connectivity index (χ2v) is 5.65. The van der Waals surface area contributed by atoms with Crippen LogP contribution >= 0.6 is 0 Å². The third-order valence-electron chi connectivity index (χ3n) is 3.66. The van der Waals surface area contributed by atoms with Crippen LogP contribution in [0.2, 0.25) is 0 Å². The van der Waals surface area contributed by atoms with Crippen LogP contribution in [0.1, 0.15) is 31.7 Å². The van der Waals surface area contributed by atoms with Gasteiger partial charge < -0.3 is 15.2 Å². The predicted molar refractivity (Wildman–Crippen MR) is 78.3 cm³/mol. The molecule has 0 aliphatic heterocycles. The highest BCUT2D eigenvalue weighted by Crippen LogP contribution is 2.38. The second kappa shape index (κ2) is 6.61. The number of hydrogen-bond donors (Lipinski definition) is 2. The summed E-state index contributed by atoms with van der Waals surface area (Å²) in [5.74, 6) is -0.706. The van der Waals surface area contributed by atoms with Crippen LogP contribution in [0.25, 0.3) is 0 Å². The molecule has 1 aliphatic rings. The number of carbonyl (C=O) groups is 2. The summed E-state index contributed by atoms with van der Waals surface area (Å²) >= 11 is 0. The van der Waals surface area contributed by atoms with Gasteiger partial charge in [-0.1, -0.05) is 26.0 Å². The Labute approximate surface area is 124 Å². The fourth-order valence-corrected chi connectivity index (χ4v) is 2.18. The van der Waals surface area contributed by atoms with E-state index in [0.717, 1.165) is 5.75 Å². The topological polar surface area (TPSA) is 75.6 Å². The quantitative estimate of drug-likeness (QED) is 0.754. The van der Waals surface area contributed by atoms with E-state index in [4.69, 9.17) is 9.84 Å². The highest BCUT2D eigenvalue weighted by Gasteiger charge is 2.48. The molecule has 1 saturated carbocycles. The van der Waals surface area contributed by atoms with Gasteiger partial charge in [-0.25, -0.2) is 0 Å². The third kappa shape index (κ3) is 4.21. The van der Waals surface area contributed by atoms with Crippen molar-refractivity contribution in [2.24, 2.45) is 11.8 Å². The SMILES string of the molecule is CC(C)c1ccc(OCCNC(=O)C2CC2C(=O)O)cc1. The van der Waals surface area contributed by atoms with Crippen LogP contribution in [-0.4, -0.2) is 30.1 Å². The van der Waals surface area contributed by atoms with Crippen molar-refractivity contribution < 1.29 is 19.4 Å². The molecule has 0 spiro atoms. The molecule has 2 N–H and O–H groups in total. The molecule has 1 aliphatic carbocycles. The maximum atomic E-state index is 11.6. The summed E-state index contributed by atoms with van der Waals surface area (Å²) < 4.78 is 5.53. The molecule has 0 bridgehead atoms. The van der Waals surface area contributed by atoms with Gasteiger partial charge in [-0.15, -0.1) is 0 Å². The van der Waals surface area contributed by atoms with Gasteiger partial charge in [0.1, 0.15) is 12.4 Å². The Balaban J connectivity index is 1.66. The lowest BCUT2D eigenvalue weighted by atomic mass is 10.0. The number of carboxylic acids is 1. The fourth-order valence-electron chi connectivity index (χ4n) is 2.18. The van der Waals surface area contributed by atoms with Gasteiger partial charge in [-0.05, 0) is 30.0 Å². The zero-order chi connectivity index (χ0) is 15.4. The van der Waals surface area contributed by atoms with Crippen molar-refractivity contribution in [1.29, 1.82) is 0 Å². The largest absolute Gasteiger partial charge is 0.492 e. The van der Waals surface area contributed by atoms with Crippen molar-refractivity contribution in [3.63, 3.8) is 0 Å². The molecule has 5 nitrogen and oxygen atoms in total. The highest BCUT2D eigenvalue weighted by molar-refractivity contribution is 5.89. The first-order valence-electron chi connectivity index (χ1n) is 7.22. The summed E-state index contributed by atoms with van der Waals surface area (Å²) in [6.45, 7) is 5.02. The van der Waals surface area contributed by atoms with Crippen LogP contribution in [-0.2, 0) is 9.59 Å². The molecule has 0 saturated heterocycles. The molecule has 1 aromatic rings. The predicted octanol–water partition coefficient (Wildman–Crippen LogP) is 2.03. The second-order valence-electron chi connectivity index (χ2n) is 5.65. The molecule has 1 aromatic carbocycles. The summed E-state index contributed by atoms with van der Waals surface area (Å²) in [5.41, 5.74) is 1.25. The van der Waals surface area contributed by atoms with Crippen molar-refractivity contribution >= 4 is 11.9 Å². The minimum atomic E-state index is -0.892. The number of rotatable bonds is 7. The number of benzene rings is 1. The average Bonchev–Trinajstić information content (AvgIpc) is 3.24. The van der Waals surface area contributed by atoms with Gasteiger partial charge in [-0.2, -0.15) is 0 Å². The minimum absolute atomic E-state index is 0.193. The normalized spacial score (nSPS) is 20.1. The van der Waals surface area contributed by atoms with Crippen LogP contribution in [0.15, 0.2) is 24.3 Å². The first kappa shape index (κ1) is 15.4. The molecular weight excluding hydrogens is 270 g/mol. The number of hydrogen-bond acceptors (Lipinski definition) is 3. The van der Waals surface area contributed by atoms with Gasteiger partial charge in [0.25, 0.3) is 0 Å². The van der Waals surface area contributed by atoms with Crippen LogP contribution in [0, 0.1) is 11.8 Å². The molecule has 2 rings (SSSR count). The third-order valence-corrected chi connectivity index (χ3v) is 3.66. The maximum absolute atomic E-state index is 11.6.